The van der Waals surface area contributed by atoms with Crippen molar-refractivity contribution in [3.63, 3.8) is 0 Å². The molecule has 0 heterocycles. The molecule has 0 aromatic heterocycles. The normalized spacial score (nSPS) is 26.8. The Labute approximate surface area is 293 Å². The molecular formula is C36H53IN2O8. The standard InChI is InChI=1S/C36H53IN2O8/c1-22(2)27-11-10-23(3)14-30(27)46-21-33(42)39(19-24-8-6-5-7-9-24)29-17-26(36(44)38-12-13-40)18-31(34(29)43)47-35-28(37)15-25(20-41)16-32(35)45-4/h15-16,18,20,22-24,27,29-31,34,40,43H,5-14,17,19,21H2,1-4H3,(H,38,44)/t23-,27+,29+,30-,31-,34-/m0/s1. The predicted octanol–water partition coefficient (Wildman–Crippen LogP) is 4.91. The summed E-state index contributed by atoms with van der Waals surface area (Å²) in [6.45, 7) is 6.90. The van der Waals surface area contributed by atoms with Gasteiger partial charge in [0.05, 0.1) is 29.4 Å². The van der Waals surface area contributed by atoms with Gasteiger partial charge in [-0.3, -0.25) is 14.4 Å². The van der Waals surface area contributed by atoms with E-state index in [1.807, 2.05) is 22.6 Å². The number of hydrogen-bond donors (Lipinski definition) is 3. The number of aldehydes is 1. The molecule has 2 amide bonds. The molecule has 2 fully saturated rings. The zero-order valence-corrected chi connectivity index (χ0v) is 30.4. The second kappa shape index (κ2) is 18.0. The van der Waals surface area contributed by atoms with Crippen LogP contribution in [0.25, 0.3) is 0 Å². The minimum Gasteiger partial charge on any atom is -0.493 e. The van der Waals surface area contributed by atoms with Gasteiger partial charge in [0.15, 0.2) is 11.5 Å². The highest BCUT2D eigenvalue weighted by Crippen LogP contribution is 2.38. The lowest BCUT2D eigenvalue weighted by Gasteiger charge is -2.43. The third kappa shape index (κ3) is 9.92. The molecule has 10 nitrogen and oxygen atoms in total. The van der Waals surface area contributed by atoms with Gasteiger partial charge in [-0.15, -0.1) is 0 Å². The highest BCUT2D eigenvalue weighted by Gasteiger charge is 2.42. The van der Waals surface area contributed by atoms with Gasteiger partial charge < -0.3 is 34.6 Å². The summed E-state index contributed by atoms with van der Waals surface area (Å²) in [7, 11) is 1.47. The molecule has 0 radical (unpaired) electrons. The van der Waals surface area contributed by atoms with Gasteiger partial charge in [0.2, 0.25) is 11.8 Å². The van der Waals surface area contributed by atoms with Gasteiger partial charge in [0, 0.05) is 30.6 Å². The second-order valence-electron chi connectivity index (χ2n) is 13.9. The van der Waals surface area contributed by atoms with E-state index in [9.17, 15) is 24.6 Å². The molecule has 0 bridgehead atoms. The Morgan fingerprint density at radius 1 is 1.15 bits per heavy atom. The molecule has 0 aliphatic heterocycles. The topological polar surface area (TPSA) is 135 Å². The van der Waals surface area contributed by atoms with Crippen LogP contribution in [-0.2, 0) is 14.3 Å². The van der Waals surface area contributed by atoms with E-state index in [-0.39, 0.29) is 50.0 Å². The minimum absolute atomic E-state index is 0.00446. The SMILES string of the molecule is COc1cc(C=O)cc(I)c1O[C@H]1C=C(C(=O)NCCO)C[C@@H](N(CC2CCCCC2)C(=O)CO[C@H]2C[C@@H](C)CC[C@@H]2C(C)C)[C@@H]1O. The van der Waals surface area contributed by atoms with E-state index in [1.54, 1.807) is 23.1 Å². The predicted molar refractivity (Wildman–Crippen MR) is 187 cm³/mol. The van der Waals surface area contributed by atoms with Crippen LogP contribution in [0.4, 0.5) is 0 Å². The van der Waals surface area contributed by atoms with Gasteiger partial charge in [-0.2, -0.15) is 0 Å². The van der Waals surface area contributed by atoms with Crippen molar-refractivity contribution < 1.29 is 38.8 Å². The van der Waals surface area contributed by atoms with Crippen LogP contribution >= 0.6 is 22.6 Å². The van der Waals surface area contributed by atoms with Crippen molar-refractivity contribution in [1.29, 1.82) is 0 Å². The lowest BCUT2D eigenvalue weighted by Crippen LogP contribution is -2.57. The molecule has 1 aromatic carbocycles. The van der Waals surface area contributed by atoms with Gasteiger partial charge in [-0.1, -0.05) is 46.5 Å². The lowest BCUT2D eigenvalue weighted by atomic mass is 9.75. The number of halogens is 1. The van der Waals surface area contributed by atoms with Crippen LogP contribution in [0.5, 0.6) is 11.5 Å². The molecule has 3 aliphatic carbocycles. The zero-order chi connectivity index (χ0) is 34.1. The Morgan fingerprint density at radius 3 is 2.55 bits per heavy atom. The Morgan fingerprint density at radius 2 is 1.89 bits per heavy atom. The van der Waals surface area contributed by atoms with Crippen LogP contribution in [0.15, 0.2) is 23.8 Å². The molecule has 47 heavy (non-hydrogen) atoms. The van der Waals surface area contributed by atoms with Crippen LogP contribution in [-0.4, -0.2) is 91.0 Å². The summed E-state index contributed by atoms with van der Waals surface area (Å²) >= 11 is 2.05. The van der Waals surface area contributed by atoms with Crippen LogP contribution in [0.2, 0.25) is 0 Å². The molecule has 4 rings (SSSR count). The molecule has 11 heteroatoms. The molecule has 2 saturated carbocycles. The summed E-state index contributed by atoms with van der Waals surface area (Å²) < 4.78 is 18.9. The Kier molecular flexibility index (Phi) is 14.4. The average Bonchev–Trinajstić information content (AvgIpc) is 3.06. The summed E-state index contributed by atoms with van der Waals surface area (Å²) in [5, 5.41) is 24.0. The Balaban J connectivity index is 1.65. The highest BCUT2D eigenvalue weighted by atomic mass is 127. The molecule has 0 unspecified atom stereocenters. The summed E-state index contributed by atoms with van der Waals surface area (Å²) in [5.74, 6) is 1.71. The fraction of sp³-hybridized carbons (Fsp3) is 0.694. The number of aliphatic hydroxyl groups excluding tert-OH is 2. The molecule has 1 aromatic rings. The van der Waals surface area contributed by atoms with E-state index in [2.05, 4.69) is 26.1 Å². The first-order valence-electron chi connectivity index (χ1n) is 17.2. The molecule has 0 spiro atoms. The van der Waals surface area contributed by atoms with Crippen molar-refractivity contribution in [2.24, 2.45) is 23.7 Å². The lowest BCUT2D eigenvalue weighted by molar-refractivity contribution is -0.149. The number of ether oxygens (including phenoxy) is 3. The molecule has 0 saturated heterocycles. The summed E-state index contributed by atoms with van der Waals surface area (Å²) in [6, 6.07) is 2.47. The second-order valence-corrected chi connectivity index (χ2v) is 15.1. The summed E-state index contributed by atoms with van der Waals surface area (Å²) in [5.41, 5.74) is 0.775. The molecule has 6 atom stereocenters. The van der Waals surface area contributed by atoms with Crippen molar-refractivity contribution in [2.45, 2.75) is 103 Å². The van der Waals surface area contributed by atoms with E-state index >= 15 is 0 Å². The maximum atomic E-state index is 14.2. The number of aliphatic hydroxyl groups is 2. The number of carbonyl (C=O) groups is 3. The fourth-order valence-corrected chi connectivity index (χ4v) is 8.23. The van der Waals surface area contributed by atoms with E-state index in [4.69, 9.17) is 14.2 Å². The first-order chi connectivity index (χ1) is 22.6. The average molecular weight is 769 g/mol. The Hall–Kier alpha value is -2.22. The number of hydrogen-bond acceptors (Lipinski definition) is 8. The number of methoxy groups -OCH3 is 1. The first-order valence-corrected chi connectivity index (χ1v) is 18.3. The van der Waals surface area contributed by atoms with Crippen molar-refractivity contribution in [2.75, 3.05) is 33.4 Å². The van der Waals surface area contributed by atoms with Gasteiger partial charge in [0.25, 0.3) is 0 Å². The third-order valence-electron chi connectivity index (χ3n) is 10.1. The number of rotatable bonds is 14. The van der Waals surface area contributed by atoms with E-state index in [0.717, 1.165) is 51.2 Å². The van der Waals surface area contributed by atoms with E-state index < -0.39 is 18.2 Å². The van der Waals surface area contributed by atoms with Crippen LogP contribution in [0, 0.1) is 27.2 Å². The monoisotopic (exact) mass is 768 g/mol. The summed E-state index contributed by atoms with van der Waals surface area (Å²) in [4.78, 5) is 40.8. The number of benzene rings is 1. The number of nitrogens with one attached hydrogen (secondary N) is 1. The quantitative estimate of drug-likeness (QED) is 0.180. The largest absolute Gasteiger partial charge is 0.493 e. The van der Waals surface area contributed by atoms with Crippen molar-refractivity contribution in [3.8, 4) is 11.5 Å². The molecule has 3 N–H and O–H groups in total. The third-order valence-corrected chi connectivity index (χ3v) is 10.9. The molecule has 262 valence electrons. The van der Waals surface area contributed by atoms with Gasteiger partial charge >= 0.3 is 0 Å². The van der Waals surface area contributed by atoms with E-state index in [0.29, 0.717) is 50.5 Å². The van der Waals surface area contributed by atoms with Crippen LogP contribution in [0.3, 0.4) is 0 Å². The molecule has 3 aliphatic rings. The van der Waals surface area contributed by atoms with Crippen molar-refractivity contribution in [3.05, 3.63) is 32.9 Å². The fourth-order valence-electron chi connectivity index (χ4n) is 7.48. The van der Waals surface area contributed by atoms with Crippen LogP contribution in [0.1, 0.15) is 88.9 Å². The molecular weight excluding hydrogens is 715 g/mol. The van der Waals surface area contributed by atoms with Crippen molar-refractivity contribution >= 4 is 40.7 Å². The highest BCUT2D eigenvalue weighted by molar-refractivity contribution is 14.1. The number of amides is 2. The minimum atomic E-state index is -1.17. The zero-order valence-electron chi connectivity index (χ0n) is 28.3. The number of nitrogens with zero attached hydrogens (tertiary/aromatic N) is 1. The van der Waals surface area contributed by atoms with Gasteiger partial charge in [-0.05, 0) is 90.2 Å². The van der Waals surface area contributed by atoms with Crippen LogP contribution < -0.4 is 14.8 Å². The maximum Gasteiger partial charge on any atom is 0.248 e. The maximum absolute atomic E-state index is 14.2. The van der Waals surface area contributed by atoms with Crippen molar-refractivity contribution in [1.82, 2.24) is 10.2 Å². The smallest absolute Gasteiger partial charge is 0.248 e. The number of carbonyl (C=O) groups excluding carboxylic acids is 3. The van der Waals surface area contributed by atoms with E-state index in [1.165, 1.54) is 13.5 Å². The first kappa shape index (κ1) is 37.6. The summed E-state index contributed by atoms with van der Waals surface area (Å²) in [6.07, 6.45) is 8.81. The Bertz CT molecular complexity index is 1250. The van der Waals surface area contributed by atoms with Gasteiger partial charge in [0.1, 0.15) is 25.1 Å². The van der Waals surface area contributed by atoms with Gasteiger partial charge in [-0.25, -0.2) is 0 Å².